The van der Waals surface area contributed by atoms with Crippen LogP contribution in [0.4, 0.5) is 11.8 Å². The number of hydrogen-bond acceptors (Lipinski definition) is 7. The summed E-state index contributed by atoms with van der Waals surface area (Å²) in [5.41, 5.74) is 5.22. The fourth-order valence-electron chi connectivity index (χ4n) is 2.63. The Morgan fingerprint density at radius 2 is 1.93 bits per heavy atom. The highest BCUT2D eigenvalue weighted by Gasteiger charge is 2.11. The Morgan fingerprint density at radius 1 is 1.11 bits per heavy atom. The first-order valence-electron chi connectivity index (χ1n) is 8.16. The molecule has 0 aliphatic rings. The van der Waals surface area contributed by atoms with E-state index in [0.29, 0.717) is 5.95 Å². The maximum Gasteiger partial charge on any atom is 0.433 e. The Kier molecular flexibility index (Phi) is 4.81. The minimum atomic E-state index is -0.610. The molecule has 28 heavy (non-hydrogen) atoms. The zero-order valence-electron chi connectivity index (χ0n) is 14.2. The number of furan rings is 1. The molecular formula is C19H12BrN5O3. The fraction of sp³-hybridized carbons (Fsp3) is 0. The number of hydrazone groups is 1. The highest BCUT2D eigenvalue weighted by molar-refractivity contribution is 9.10. The third-order valence-corrected chi connectivity index (χ3v) is 4.35. The van der Waals surface area contributed by atoms with Crippen LogP contribution in [0.2, 0.25) is 0 Å². The van der Waals surface area contributed by atoms with Gasteiger partial charge in [0, 0.05) is 15.4 Å². The molecule has 2 aromatic carbocycles. The standard InChI is InChI=1S/C19H12BrN5O3/c20-13-6-8-16-15(10-13)18(12-4-2-1-3-5-12)23-19(22-16)24-21-11-14-7-9-17(28-14)25(26)27/h1-11H,(H,22,23,24)/b21-11-. The summed E-state index contributed by atoms with van der Waals surface area (Å²) >= 11 is 3.48. The van der Waals surface area contributed by atoms with Crippen LogP contribution in [-0.2, 0) is 0 Å². The number of nitro groups is 1. The molecule has 4 aromatic rings. The minimum Gasteiger partial charge on any atom is -0.400 e. The van der Waals surface area contributed by atoms with Crippen LogP contribution in [0.3, 0.4) is 0 Å². The molecule has 2 aromatic heterocycles. The quantitative estimate of drug-likeness (QED) is 0.267. The van der Waals surface area contributed by atoms with E-state index in [2.05, 4.69) is 36.4 Å². The second-order valence-electron chi connectivity index (χ2n) is 5.73. The van der Waals surface area contributed by atoms with Gasteiger partial charge in [-0.15, -0.1) is 0 Å². The van der Waals surface area contributed by atoms with Gasteiger partial charge in [-0.05, 0) is 24.3 Å². The summed E-state index contributed by atoms with van der Waals surface area (Å²) in [5, 5.41) is 15.6. The predicted octanol–water partition coefficient (Wildman–Crippen LogP) is 5.01. The van der Waals surface area contributed by atoms with Crippen molar-refractivity contribution in [1.29, 1.82) is 0 Å². The lowest BCUT2D eigenvalue weighted by Crippen LogP contribution is -1.99. The third kappa shape index (κ3) is 3.74. The normalized spacial score (nSPS) is 11.2. The van der Waals surface area contributed by atoms with Crippen LogP contribution in [-0.4, -0.2) is 21.1 Å². The summed E-state index contributed by atoms with van der Waals surface area (Å²) in [5.74, 6) is 0.193. The van der Waals surface area contributed by atoms with Crippen molar-refractivity contribution in [3.63, 3.8) is 0 Å². The zero-order chi connectivity index (χ0) is 19.5. The molecule has 8 nitrogen and oxygen atoms in total. The molecule has 2 heterocycles. The average molecular weight is 438 g/mol. The Labute approximate surface area is 167 Å². The van der Waals surface area contributed by atoms with Gasteiger partial charge in [0.05, 0.1) is 23.5 Å². The van der Waals surface area contributed by atoms with Crippen molar-refractivity contribution in [2.24, 2.45) is 5.10 Å². The van der Waals surface area contributed by atoms with Gasteiger partial charge in [0.15, 0.2) is 5.76 Å². The van der Waals surface area contributed by atoms with Crippen LogP contribution in [0.25, 0.3) is 22.2 Å². The van der Waals surface area contributed by atoms with Crippen LogP contribution in [0, 0.1) is 10.1 Å². The second-order valence-corrected chi connectivity index (χ2v) is 6.64. The molecule has 0 aliphatic carbocycles. The molecule has 0 aliphatic heterocycles. The average Bonchev–Trinajstić information content (AvgIpc) is 3.18. The molecule has 0 spiro atoms. The summed E-state index contributed by atoms with van der Waals surface area (Å²) in [4.78, 5) is 19.1. The number of nitrogens with one attached hydrogen (secondary N) is 1. The Balaban J connectivity index is 1.68. The Morgan fingerprint density at radius 3 is 2.68 bits per heavy atom. The van der Waals surface area contributed by atoms with Crippen molar-refractivity contribution in [2.75, 3.05) is 5.43 Å². The third-order valence-electron chi connectivity index (χ3n) is 3.85. The van der Waals surface area contributed by atoms with E-state index >= 15 is 0 Å². The minimum absolute atomic E-state index is 0.243. The smallest absolute Gasteiger partial charge is 0.400 e. The van der Waals surface area contributed by atoms with Gasteiger partial charge >= 0.3 is 5.88 Å². The van der Waals surface area contributed by atoms with Gasteiger partial charge in [0.25, 0.3) is 0 Å². The van der Waals surface area contributed by atoms with E-state index in [4.69, 9.17) is 4.42 Å². The molecule has 4 rings (SSSR count). The van der Waals surface area contributed by atoms with Crippen molar-refractivity contribution < 1.29 is 9.34 Å². The summed E-state index contributed by atoms with van der Waals surface area (Å²) in [7, 11) is 0. The van der Waals surface area contributed by atoms with E-state index in [1.54, 1.807) is 0 Å². The molecule has 0 saturated carbocycles. The highest BCUT2D eigenvalue weighted by atomic mass is 79.9. The number of fused-ring (bicyclic) bond motifs is 1. The topological polar surface area (TPSA) is 106 Å². The lowest BCUT2D eigenvalue weighted by molar-refractivity contribution is -0.402. The van der Waals surface area contributed by atoms with Crippen molar-refractivity contribution in [1.82, 2.24) is 9.97 Å². The van der Waals surface area contributed by atoms with E-state index in [-0.39, 0.29) is 11.6 Å². The molecule has 0 fully saturated rings. The summed E-state index contributed by atoms with van der Waals surface area (Å²) in [6, 6.07) is 18.2. The van der Waals surface area contributed by atoms with E-state index in [1.807, 2.05) is 48.5 Å². The molecule has 138 valence electrons. The van der Waals surface area contributed by atoms with Crippen molar-refractivity contribution in [3.8, 4) is 11.3 Å². The van der Waals surface area contributed by atoms with Gasteiger partial charge in [-0.1, -0.05) is 46.3 Å². The van der Waals surface area contributed by atoms with Gasteiger partial charge < -0.3 is 4.42 Å². The summed E-state index contributed by atoms with van der Waals surface area (Å²) < 4.78 is 5.95. The Bertz CT molecular complexity index is 1190. The number of nitrogens with zero attached hydrogens (tertiary/aromatic N) is 4. The molecule has 9 heteroatoms. The molecule has 0 atom stereocenters. The lowest BCUT2D eigenvalue weighted by Gasteiger charge is -2.09. The zero-order valence-corrected chi connectivity index (χ0v) is 15.8. The van der Waals surface area contributed by atoms with Crippen LogP contribution in [0.5, 0.6) is 0 Å². The van der Waals surface area contributed by atoms with Gasteiger partial charge in [0.2, 0.25) is 5.95 Å². The molecule has 0 saturated heterocycles. The molecular weight excluding hydrogens is 426 g/mol. The van der Waals surface area contributed by atoms with Crippen LogP contribution >= 0.6 is 15.9 Å². The molecule has 0 amide bonds. The van der Waals surface area contributed by atoms with Gasteiger partial charge in [-0.3, -0.25) is 10.1 Å². The maximum absolute atomic E-state index is 10.7. The lowest BCUT2D eigenvalue weighted by atomic mass is 10.1. The summed E-state index contributed by atoms with van der Waals surface area (Å²) in [6.45, 7) is 0. The highest BCUT2D eigenvalue weighted by Crippen LogP contribution is 2.29. The number of anilines is 1. The summed E-state index contributed by atoms with van der Waals surface area (Å²) in [6.07, 6.45) is 1.32. The second kappa shape index (κ2) is 7.57. The van der Waals surface area contributed by atoms with Crippen molar-refractivity contribution in [3.05, 3.63) is 81.0 Å². The monoisotopic (exact) mass is 437 g/mol. The molecule has 0 bridgehead atoms. The molecule has 1 N–H and O–H groups in total. The number of rotatable bonds is 5. The van der Waals surface area contributed by atoms with Crippen LogP contribution < -0.4 is 5.43 Å². The first-order chi connectivity index (χ1) is 13.6. The van der Waals surface area contributed by atoms with Crippen molar-refractivity contribution in [2.45, 2.75) is 0 Å². The van der Waals surface area contributed by atoms with Gasteiger partial charge in [0.1, 0.15) is 4.92 Å². The Hall–Kier alpha value is -3.59. The first-order valence-corrected chi connectivity index (χ1v) is 8.95. The van der Waals surface area contributed by atoms with E-state index in [0.717, 1.165) is 26.6 Å². The van der Waals surface area contributed by atoms with Crippen molar-refractivity contribution >= 4 is 44.9 Å². The number of benzene rings is 2. The van der Waals surface area contributed by atoms with Gasteiger partial charge in [-0.2, -0.15) is 5.10 Å². The van der Waals surface area contributed by atoms with E-state index in [1.165, 1.54) is 18.3 Å². The number of halogens is 1. The fourth-order valence-corrected chi connectivity index (χ4v) is 2.99. The predicted molar refractivity (Wildman–Crippen MR) is 109 cm³/mol. The molecule has 0 radical (unpaired) electrons. The van der Waals surface area contributed by atoms with Crippen LogP contribution in [0.1, 0.15) is 5.76 Å². The largest absolute Gasteiger partial charge is 0.433 e. The first kappa shape index (κ1) is 17.8. The van der Waals surface area contributed by atoms with Crippen LogP contribution in [0.15, 0.2) is 74.7 Å². The number of hydrogen-bond donors (Lipinski definition) is 1. The van der Waals surface area contributed by atoms with Gasteiger partial charge in [-0.25, -0.2) is 15.4 Å². The SMILES string of the molecule is O=[N+]([O-])c1ccc(/C=N\Nc2nc(-c3ccccc3)c3cc(Br)ccc3n2)o1. The number of aromatic nitrogens is 2. The maximum atomic E-state index is 10.7. The molecule has 0 unspecified atom stereocenters. The van der Waals surface area contributed by atoms with E-state index in [9.17, 15) is 10.1 Å². The van der Waals surface area contributed by atoms with E-state index < -0.39 is 4.92 Å².